The number of allylic oxidation sites excluding steroid dienone is 1. The topological polar surface area (TPSA) is 47.4 Å². The van der Waals surface area contributed by atoms with Gasteiger partial charge in [-0.1, -0.05) is 40.7 Å². The summed E-state index contributed by atoms with van der Waals surface area (Å²) in [5.74, 6) is 1.80. The fourth-order valence-corrected chi connectivity index (χ4v) is 3.90. The third-order valence-corrected chi connectivity index (χ3v) is 5.12. The maximum absolute atomic E-state index is 12.7. The van der Waals surface area contributed by atoms with Gasteiger partial charge in [0, 0.05) is 35.1 Å². The van der Waals surface area contributed by atoms with Crippen LogP contribution in [0.15, 0.2) is 59.6 Å². The Kier molecular flexibility index (Phi) is 4.74. The number of amides is 1. The summed E-state index contributed by atoms with van der Waals surface area (Å²) in [6, 6.07) is 15.6. The number of benzene rings is 2. The molecule has 27 heavy (non-hydrogen) atoms. The van der Waals surface area contributed by atoms with Crippen molar-refractivity contribution >= 4 is 38.6 Å². The van der Waals surface area contributed by atoms with E-state index in [1.807, 2.05) is 47.4 Å². The molecule has 3 aromatic rings. The number of hydrogen-bond donors (Lipinski definition) is 0. The van der Waals surface area contributed by atoms with Crippen LogP contribution in [0.3, 0.4) is 0 Å². The Morgan fingerprint density at radius 3 is 2.89 bits per heavy atom. The number of aromatic nitrogens is 2. The van der Waals surface area contributed by atoms with Gasteiger partial charge >= 0.3 is 0 Å². The number of carbonyl (C=O) groups is 1. The van der Waals surface area contributed by atoms with Crippen LogP contribution in [0.25, 0.3) is 11.0 Å². The number of nitrogens with zero attached hydrogens (tertiary/aromatic N) is 3. The number of fused-ring (bicyclic) bond motifs is 1. The van der Waals surface area contributed by atoms with Gasteiger partial charge in [-0.3, -0.25) is 4.79 Å². The van der Waals surface area contributed by atoms with E-state index in [1.165, 1.54) is 0 Å². The van der Waals surface area contributed by atoms with E-state index in [9.17, 15) is 4.79 Å². The molecule has 1 aromatic heterocycles. The largest absolute Gasteiger partial charge is 0.497 e. The molecular weight excluding hydrogens is 406 g/mol. The smallest absolute Gasteiger partial charge is 0.227 e. The quantitative estimate of drug-likeness (QED) is 0.605. The Bertz CT molecular complexity index is 1030. The van der Waals surface area contributed by atoms with Gasteiger partial charge < -0.3 is 14.2 Å². The molecule has 138 valence electrons. The molecule has 1 saturated heterocycles. The number of carbonyl (C=O) groups excluding carboxylic acids is 1. The summed E-state index contributed by atoms with van der Waals surface area (Å²) in [6.45, 7) is 5.20. The Morgan fingerprint density at radius 1 is 1.30 bits per heavy atom. The summed E-state index contributed by atoms with van der Waals surface area (Å²) in [5.41, 5.74) is 2.85. The summed E-state index contributed by atoms with van der Waals surface area (Å²) in [5, 5.41) is 0. The molecule has 5 nitrogen and oxygen atoms in total. The van der Waals surface area contributed by atoms with Gasteiger partial charge in [-0.05, 0) is 24.3 Å². The Labute approximate surface area is 166 Å². The average molecular weight is 426 g/mol. The predicted molar refractivity (Wildman–Crippen MR) is 111 cm³/mol. The van der Waals surface area contributed by atoms with Crippen LogP contribution in [0.4, 0.5) is 5.69 Å². The van der Waals surface area contributed by atoms with Crippen LogP contribution in [0.1, 0.15) is 18.2 Å². The van der Waals surface area contributed by atoms with Crippen LogP contribution in [0.2, 0.25) is 0 Å². The molecule has 1 fully saturated rings. The number of hydrogen-bond acceptors (Lipinski definition) is 3. The third kappa shape index (κ3) is 3.37. The van der Waals surface area contributed by atoms with E-state index in [4.69, 9.17) is 9.72 Å². The van der Waals surface area contributed by atoms with E-state index >= 15 is 0 Å². The molecule has 2 aromatic carbocycles. The van der Waals surface area contributed by atoms with E-state index in [0.717, 1.165) is 32.8 Å². The molecule has 0 saturated carbocycles. The summed E-state index contributed by atoms with van der Waals surface area (Å²) >= 11 is 3.47. The monoisotopic (exact) mass is 425 g/mol. The Hall–Kier alpha value is -2.60. The summed E-state index contributed by atoms with van der Waals surface area (Å²) in [4.78, 5) is 19.4. The lowest BCUT2D eigenvalue weighted by atomic mass is 10.1. The predicted octanol–water partition coefficient (Wildman–Crippen LogP) is 4.47. The minimum absolute atomic E-state index is 0.0305. The lowest BCUT2D eigenvalue weighted by Gasteiger charge is -2.18. The standard InChI is InChI=1S/C21H20BrN3O2/c1-14(22)12-25-19-9-4-3-8-18(19)23-21(25)15-10-20(26)24(13-15)16-6-5-7-17(11-16)27-2/h3-9,11,15H,1,10,12-13H2,2H3. The number of anilines is 1. The van der Waals surface area contributed by atoms with Gasteiger partial charge in [-0.25, -0.2) is 4.98 Å². The molecule has 0 bridgehead atoms. The van der Waals surface area contributed by atoms with Crippen molar-refractivity contribution in [3.05, 3.63) is 65.4 Å². The molecule has 0 radical (unpaired) electrons. The van der Waals surface area contributed by atoms with Crippen LogP contribution in [-0.4, -0.2) is 29.1 Å². The van der Waals surface area contributed by atoms with Gasteiger partial charge in [0.25, 0.3) is 0 Å². The Morgan fingerprint density at radius 2 is 2.11 bits per heavy atom. The van der Waals surface area contributed by atoms with Gasteiger partial charge in [0.15, 0.2) is 0 Å². The highest BCUT2D eigenvalue weighted by Crippen LogP contribution is 2.34. The zero-order valence-electron chi connectivity index (χ0n) is 15.1. The van der Waals surface area contributed by atoms with Crippen molar-refractivity contribution in [2.75, 3.05) is 18.6 Å². The highest BCUT2D eigenvalue weighted by Gasteiger charge is 2.35. The molecule has 0 aliphatic carbocycles. The van der Waals surface area contributed by atoms with Crippen LogP contribution < -0.4 is 9.64 Å². The van der Waals surface area contributed by atoms with E-state index in [-0.39, 0.29) is 11.8 Å². The van der Waals surface area contributed by atoms with Crippen LogP contribution in [0, 0.1) is 0 Å². The van der Waals surface area contributed by atoms with Gasteiger partial charge in [0.1, 0.15) is 11.6 Å². The van der Waals surface area contributed by atoms with Crippen molar-refractivity contribution in [2.24, 2.45) is 0 Å². The highest BCUT2D eigenvalue weighted by molar-refractivity contribution is 9.11. The maximum Gasteiger partial charge on any atom is 0.227 e. The van der Waals surface area contributed by atoms with Crippen LogP contribution in [0.5, 0.6) is 5.75 Å². The van der Waals surface area contributed by atoms with Crippen LogP contribution >= 0.6 is 15.9 Å². The second kappa shape index (κ2) is 7.19. The first-order chi connectivity index (χ1) is 13.1. The first kappa shape index (κ1) is 17.8. The number of imidazole rings is 1. The van der Waals surface area contributed by atoms with Crippen molar-refractivity contribution < 1.29 is 9.53 Å². The van der Waals surface area contributed by atoms with Crippen molar-refractivity contribution in [1.82, 2.24) is 9.55 Å². The van der Waals surface area contributed by atoms with Gasteiger partial charge in [0.05, 0.1) is 24.7 Å². The van der Waals surface area contributed by atoms with Gasteiger partial charge in [-0.2, -0.15) is 0 Å². The summed E-state index contributed by atoms with van der Waals surface area (Å²) < 4.78 is 8.32. The lowest BCUT2D eigenvalue weighted by Crippen LogP contribution is -2.24. The molecule has 4 rings (SSSR count). The number of para-hydroxylation sites is 2. The third-order valence-electron chi connectivity index (χ3n) is 4.87. The summed E-state index contributed by atoms with van der Waals surface area (Å²) in [7, 11) is 1.63. The van der Waals surface area contributed by atoms with Gasteiger partial charge in [-0.15, -0.1) is 0 Å². The highest BCUT2D eigenvalue weighted by atomic mass is 79.9. The van der Waals surface area contributed by atoms with Crippen molar-refractivity contribution in [3.63, 3.8) is 0 Å². The zero-order chi connectivity index (χ0) is 19.0. The molecule has 1 aliphatic heterocycles. The SMILES string of the molecule is C=C(Br)Cn1c(C2CC(=O)N(c3cccc(OC)c3)C2)nc2ccccc21. The van der Waals surface area contributed by atoms with E-state index < -0.39 is 0 Å². The second-order valence-electron chi connectivity index (χ2n) is 6.67. The molecule has 1 atom stereocenters. The van der Waals surface area contributed by atoms with Crippen molar-refractivity contribution in [3.8, 4) is 5.75 Å². The Balaban J connectivity index is 1.70. The number of rotatable bonds is 5. The average Bonchev–Trinajstić information content (AvgIpc) is 3.22. The zero-order valence-corrected chi connectivity index (χ0v) is 16.6. The number of ether oxygens (including phenoxy) is 1. The molecule has 0 N–H and O–H groups in total. The molecule has 1 aliphatic rings. The minimum Gasteiger partial charge on any atom is -0.497 e. The van der Waals surface area contributed by atoms with Crippen molar-refractivity contribution in [1.29, 1.82) is 0 Å². The first-order valence-corrected chi connectivity index (χ1v) is 9.59. The molecule has 0 spiro atoms. The van der Waals surface area contributed by atoms with E-state index in [1.54, 1.807) is 7.11 Å². The lowest BCUT2D eigenvalue weighted by molar-refractivity contribution is -0.117. The van der Waals surface area contributed by atoms with Crippen molar-refractivity contribution in [2.45, 2.75) is 18.9 Å². The molecular formula is C21H20BrN3O2. The fraction of sp³-hybridized carbons (Fsp3) is 0.238. The number of halogens is 1. The molecule has 1 unspecified atom stereocenters. The fourth-order valence-electron chi connectivity index (χ4n) is 3.65. The van der Waals surface area contributed by atoms with Crippen LogP contribution in [-0.2, 0) is 11.3 Å². The normalized spacial score (nSPS) is 16.9. The van der Waals surface area contributed by atoms with Gasteiger partial charge in [0.2, 0.25) is 5.91 Å². The number of methoxy groups -OCH3 is 1. The molecule has 1 amide bonds. The minimum atomic E-state index is 0.0305. The van der Waals surface area contributed by atoms with E-state index in [2.05, 4.69) is 33.1 Å². The van der Waals surface area contributed by atoms with E-state index in [0.29, 0.717) is 19.5 Å². The summed E-state index contributed by atoms with van der Waals surface area (Å²) in [6.07, 6.45) is 0.440. The molecule has 2 heterocycles. The second-order valence-corrected chi connectivity index (χ2v) is 7.79. The molecule has 6 heteroatoms. The first-order valence-electron chi connectivity index (χ1n) is 8.79. The maximum atomic E-state index is 12.7.